The lowest BCUT2D eigenvalue weighted by atomic mass is 9.99. The molecule has 2 heteroatoms. The van der Waals surface area contributed by atoms with Crippen LogP contribution in [-0.4, -0.2) is 18.0 Å². The molecule has 17 heavy (non-hydrogen) atoms. The summed E-state index contributed by atoms with van der Waals surface area (Å²) in [7, 11) is 0. The molecule has 1 fully saturated rings. The van der Waals surface area contributed by atoms with Crippen LogP contribution in [-0.2, 0) is 9.47 Å². The molecule has 0 spiro atoms. The highest BCUT2D eigenvalue weighted by Gasteiger charge is 2.32. The van der Waals surface area contributed by atoms with Crippen LogP contribution in [0.15, 0.2) is 0 Å². The summed E-state index contributed by atoms with van der Waals surface area (Å²) >= 11 is 0. The van der Waals surface area contributed by atoms with Crippen molar-refractivity contribution in [2.45, 2.75) is 97.1 Å². The highest BCUT2D eigenvalue weighted by Crippen LogP contribution is 2.29. The monoisotopic (exact) mass is 242 g/mol. The smallest absolute Gasteiger partial charge is 0.158 e. The Balaban J connectivity index is 2.10. The van der Waals surface area contributed by atoms with Crippen LogP contribution in [0.25, 0.3) is 0 Å². The molecule has 0 saturated carbocycles. The van der Waals surface area contributed by atoms with Gasteiger partial charge in [0.1, 0.15) is 0 Å². The second-order valence-electron chi connectivity index (χ2n) is 6.01. The van der Waals surface area contributed by atoms with E-state index in [1.54, 1.807) is 0 Å². The van der Waals surface area contributed by atoms with Crippen molar-refractivity contribution >= 4 is 0 Å². The van der Waals surface area contributed by atoms with Gasteiger partial charge in [0.2, 0.25) is 0 Å². The molecule has 0 aliphatic carbocycles. The van der Waals surface area contributed by atoms with Gasteiger partial charge in [-0.3, -0.25) is 0 Å². The first-order valence-corrected chi connectivity index (χ1v) is 7.37. The van der Waals surface area contributed by atoms with Gasteiger partial charge in [-0.1, -0.05) is 39.0 Å². The van der Waals surface area contributed by atoms with E-state index in [9.17, 15) is 0 Å². The van der Waals surface area contributed by atoms with Crippen LogP contribution < -0.4 is 0 Å². The van der Waals surface area contributed by atoms with Crippen molar-refractivity contribution in [1.29, 1.82) is 0 Å². The standard InChI is InChI=1S/C15H30O2/c1-5-6-7-8-9-10-11-14-16-13(2)12-15(3,4)17-14/h13-14H,5-12H2,1-4H3/t13-,14-/m0/s1. The average Bonchev–Trinajstić information content (AvgIpc) is 2.20. The molecule has 1 aliphatic rings. The van der Waals surface area contributed by atoms with Crippen molar-refractivity contribution in [2.75, 3.05) is 0 Å². The molecular formula is C15H30O2. The lowest BCUT2D eigenvalue weighted by Gasteiger charge is -2.39. The molecule has 0 N–H and O–H groups in total. The first kappa shape index (κ1) is 15.0. The van der Waals surface area contributed by atoms with Gasteiger partial charge in [-0.2, -0.15) is 0 Å². The SMILES string of the molecule is CCCCCCCC[C@H]1O[C@@H](C)CC(C)(C)O1. The van der Waals surface area contributed by atoms with E-state index in [4.69, 9.17) is 9.47 Å². The van der Waals surface area contributed by atoms with Crippen LogP contribution in [0.5, 0.6) is 0 Å². The van der Waals surface area contributed by atoms with Gasteiger partial charge in [0.15, 0.2) is 6.29 Å². The summed E-state index contributed by atoms with van der Waals surface area (Å²) in [4.78, 5) is 0. The van der Waals surface area contributed by atoms with Gasteiger partial charge in [0.05, 0.1) is 11.7 Å². The van der Waals surface area contributed by atoms with Gasteiger partial charge in [-0.05, 0) is 33.6 Å². The molecule has 0 amide bonds. The highest BCUT2D eigenvalue weighted by atomic mass is 16.7. The summed E-state index contributed by atoms with van der Waals surface area (Å²) < 4.78 is 11.8. The minimum Gasteiger partial charge on any atom is -0.350 e. The lowest BCUT2D eigenvalue weighted by Crippen LogP contribution is -2.42. The first-order chi connectivity index (χ1) is 8.03. The molecule has 102 valence electrons. The highest BCUT2D eigenvalue weighted by molar-refractivity contribution is 4.77. The topological polar surface area (TPSA) is 18.5 Å². The minimum atomic E-state index is -0.00938. The fraction of sp³-hybridized carbons (Fsp3) is 1.00. The zero-order chi connectivity index (χ0) is 12.7. The molecule has 0 aromatic heterocycles. The van der Waals surface area contributed by atoms with Crippen LogP contribution in [0.1, 0.15) is 79.1 Å². The quantitative estimate of drug-likeness (QED) is 0.604. The normalized spacial score (nSPS) is 28.2. The number of ether oxygens (including phenoxy) is 2. The molecule has 0 aromatic rings. The van der Waals surface area contributed by atoms with Crippen molar-refractivity contribution < 1.29 is 9.47 Å². The van der Waals surface area contributed by atoms with Crippen molar-refractivity contribution in [3.63, 3.8) is 0 Å². The molecule has 0 bridgehead atoms. The Bertz CT molecular complexity index is 201. The summed E-state index contributed by atoms with van der Waals surface area (Å²) in [6.45, 7) is 8.74. The molecule has 0 unspecified atom stereocenters. The van der Waals surface area contributed by atoms with Gasteiger partial charge in [-0.15, -0.1) is 0 Å². The third-order valence-electron chi connectivity index (χ3n) is 3.41. The van der Waals surface area contributed by atoms with Crippen LogP contribution >= 0.6 is 0 Å². The van der Waals surface area contributed by atoms with Crippen LogP contribution in [0.3, 0.4) is 0 Å². The molecule has 1 saturated heterocycles. The molecule has 2 nitrogen and oxygen atoms in total. The van der Waals surface area contributed by atoms with E-state index in [-0.39, 0.29) is 11.9 Å². The fourth-order valence-corrected chi connectivity index (χ4v) is 2.65. The van der Waals surface area contributed by atoms with E-state index in [0.717, 1.165) is 12.8 Å². The molecule has 0 radical (unpaired) electrons. The average molecular weight is 242 g/mol. The minimum absolute atomic E-state index is 0.00938. The van der Waals surface area contributed by atoms with Gasteiger partial charge in [0.25, 0.3) is 0 Å². The van der Waals surface area contributed by atoms with E-state index in [1.807, 2.05) is 0 Å². The van der Waals surface area contributed by atoms with E-state index < -0.39 is 0 Å². The second-order valence-corrected chi connectivity index (χ2v) is 6.01. The predicted octanol–water partition coefficient (Wildman–Crippen LogP) is 4.67. The van der Waals surface area contributed by atoms with Crippen molar-refractivity contribution in [3.8, 4) is 0 Å². The number of unbranched alkanes of at least 4 members (excludes halogenated alkanes) is 5. The summed E-state index contributed by atoms with van der Waals surface area (Å²) in [5, 5.41) is 0. The van der Waals surface area contributed by atoms with Crippen LogP contribution in [0, 0.1) is 0 Å². The van der Waals surface area contributed by atoms with Crippen molar-refractivity contribution in [3.05, 3.63) is 0 Å². The third kappa shape index (κ3) is 6.42. The predicted molar refractivity (Wildman–Crippen MR) is 72.1 cm³/mol. The fourth-order valence-electron chi connectivity index (χ4n) is 2.65. The van der Waals surface area contributed by atoms with E-state index in [2.05, 4.69) is 27.7 Å². The van der Waals surface area contributed by atoms with Gasteiger partial charge >= 0.3 is 0 Å². The molecule has 1 heterocycles. The van der Waals surface area contributed by atoms with Crippen molar-refractivity contribution in [1.82, 2.24) is 0 Å². The Morgan fingerprint density at radius 3 is 2.35 bits per heavy atom. The number of rotatable bonds is 7. The van der Waals surface area contributed by atoms with Crippen LogP contribution in [0.4, 0.5) is 0 Å². The third-order valence-corrected chi connectivity index (χ3v) is 3.41. The maximum Gasteiger partial charge on any atom is 0.158 e. The summed E-state index contributed by atoms with van der Waals surface area (Å²) in [5.74, 6) is 0. The Morgan fingerprint density at radius 1 is 1.06 bits per heavy atom. The Morgan fingerprint density at radius 2 is 1.71 bits per heavy atom. The molecule has 0 aromatic carbocycles. The van der Waals surface area contributed by atoms with E-state index >= 15 is 0 Å². The largest absolute Gasteiger partial charge is 0.350 e. The van der Waals surface area contributed by atoms with Crippen LogP contribution in [0.2, 0.25) is 0 Å². The zero-order valence-corrected chi connectivity index (χ0v) is 12.1. The molecule has 2 atom stereocenters. The van der Waals surface area contributed by atoms with E-state index in [0.29, 0.717) is 6.10 Å². The van der Waals surface area contributed by atoms with Gasteiger partial charge < -0.3 is 9.47 Å². The Kier molecular flexibility index (Phi) is 6.50. The van der Waals surface area contributed by atoms with Crippen molar-refractivity contribution in [2.24, 2.45) is 0 Å². The summed E-state index contributed by atoms with van der Waals surface area (Å²) in [6.07, 6.45) is 10.4. The Hall–Kier alpha value is -0.0800. The zero-order valence-electron chi connectivity index (χ0n) is 12.1. The number of hydrogen-bond donors (Lipinski definition) is 0. The van der Waals surface area contributed by atoms with E-state index in [1.165, 1.54) is 38.5 Å². The second kappa shape index (κ2) is 7.38. The first-order valence-electron chi connectivity index (χ1n) is 7.37. The number of hydrogen-bond acceptors (Lipinski definition) is 2. The van der Waals surface area contributed by atoms with Gasteiger partial charge in [0, 0.05) is 6.42 Å². The van der Waals surface area contributed by atoms with Gasteiger partial charge in [-0.25, -0.2) is 0 Å². The summed E-state index contributed by atoms with van der Waals surface area (Å²) in [5.41, 5.74) is -0.00938. The maximum absolute atomic E-state index is 5.95. The lowest BCUT2D eigenvalue weighted by molar-refractivity contribution is -0.270. The molecule has 1 rings (SSSR count). The molecule has 1 aliphatic heterocycles. The maximum atomic E-state index is 5.95. The Labute approximate surface area is 107 Å². The molecular weight excluding hydrogens is 212 g/mol. The summed E-state index contributed by atoms with van der Waals surface area (Å²) in [6, 6.07) is 0.